The smallest absolute Gasteiger partial charge is 0.262 e. The molecule has 0 aliphatic rings. The third kappa shape index (κ3) is 4.20. The van der Waals surface area contributed by atoms with Crippen molar-refractivity contribution in [1.29, 1.82) is 0 Å². The molecule has 26 heavy (non-hydrogen) atoms. The van der Waals surface area contributed by atoms with Gasteiger partial charge in [0.2, 0.25) is 0 Å². The Morgan fingerprint density at radius 3 is 2.81 bits per heavy atom. The summed E-state index contributed by atoms with van der Waals surface area (Å²) in [6, 6.07) is 13.0. The number of ether oxygens (including phenoxy) is 2. The molecule has 0 amide bonds. The molecule has 0 bridgehead atoms. The molecule has 0 saturated heterocycles. The molecule has 1 aromatic heterocycles. The molecule has 0 saturated carbocycles. The van der Waals surface area contributed by atoms with E-state index in [1.54, 1.807) is 37.0 Å². The molecule has 136 valence electrons. The van der Waals surface area contributed by atoms with Gasteiger partial charge in [-0.3, -0.25) is 9.36 Å². The fraction of sp³-hybridized carbons (Fsp3) is 0.263. The molecule has 0 radical (unpaired) electrons. The first kappa shape index (κ1) is 18.8. The van der Waals surface area contributed by atoms with E-state index in [2.05, 4.69) is 4.98 Å². The van der Waals surface area contributed by atoms with Crippen molar-refractivity contribution in [3.05, 3.63) is 63.4 Å². The van der Waals surface area contributed by atoms with Crippen LogP contribution in [0.3, 0.4) is 0 Å². The van der Waals surface area contributed by atoms with E-state index in [9.17, 15) is 4.79 Å². The fourth-order valence-corrected chi connectivity index (χ4v) is 3.71. The Kier molecular flexibility index (Phi) is 6.19. The highest BCUT2D eigenvalue weighted by Crippen LogP contribution is 2.25. The van der Waals surface area contributed by atoms with E-state index in [1.807, 2.05) is 24.3 Å². The van der Waals surface area contributed by atoms with Gasteiger partial charge in [0.1, 0.15) is 5.75 Å². The zero-order valence-electron chi connectivity index (χ0n) is 14.6. The normalized spacial score (nSPS) is 11.0. The molecule has 0 unspecified atom stereocenters. The molecule has 2 aromatic carbocycles. The van der Waals surface area contributed by atoms with Crippen molar-refractivity contribution in [2.24, 2.45) is 0 Å². The minimum absolute atomic E-state index is 0.0862. The summed E-state index contributed by atoms with van der Waals surface area (Å²) in [5.74, 6) is 1.47. The molecule has 0 aliphatic heterocycles. The average molecular weight is 391 g/mol. The quantitative estimate of drug-likeness (QED) is 0.451. The average Bonchev–Trinajstić information content (AvgIpc) is 2.65. The lowest BCUT2D eigenvalue weighted by Crippen LogP contribution is -2.25. The summed E-state index contributed by atoms with van der Waals surface area (Å²) in [6.45, 7) is 0.884. The summed E-state index contributed by atoms with van der Waals surface area (Å²) in [5.41, 5.74) is 1.61. The third-order valence-electron chi connectivity index (χ3n) is 3.90. The molecule has 0 atom stereocenters. The van der Waals surface area contributed by atoms with E-state index < -0.39 is 0 Å². The Bertz CT molecular complexity index is 975. The zero-order chi connectivity index (χ0) is 18.5. The molecule has 1 heterocycles. The maximum absolute atomic E-state index is 12.9. The van der Waals surface area contributed by atoms with Crippen LogP contribution < -0.4 is 10.3 Å². The Morgan fingerprint density at radius 1 is 1.19 bits per heavy atom. The lowest BCUT2D eigenvalue weighted by atomic mass is 10.2. The topological polar surface area (TPSA) is 53.4 Å². The number of rotatable bonds is 7. The van der Waals surface area contributed by atoms with Gasteiger partial charge in [-0.05, 0) is 35.9 Å². The van der Waals surface area contributed by atoms with E-state index in [4.69, 9.17) is 21.1 Å². The minimum Gasteiger partial charge on any atom is -0.497 e. The molecular formula is C19H19ClN2O3S. The van der Waals surface area contributed by atoms with E-state index in [0.29, 0.717) is 40.0 Å². The van der Waals surface area contributed by atoms with Gasteiger partial charge in [-0.25, -0.2) is 4.98 Å². The molecule has 0 N–H and O–H groups in total. The van der Waals surface area contributed by atoms with Gasteiger partial charge >= 0.3 is 0 Å². The van der Waals surface area contributed by atoms with Crippen LogP contribution in [0.4, 0.5) is 0 Å². The Morgan fingerprint density at radius 2 is 2.04 bits per heavy atom. The highest BCUT2D eigenvalue weighted by molar-refractivity contribution is 7.98. The summed E-state index contributed by atoms with van der Waals surface area (Å²) < 4.78 is 12.1. The van der Waals surface area contributed by atoms with E-state index in [0.717, 1.165) is 11.3 Å². The summed E-state index contributed by atoms with van der Waals surface area (Å²) in [4.78, 5) is 17.5. The monoisotopic (exact) mass is 390 g/mol. The predicted octanol–water partition coefficient (Wildman–Crippen LogP) is 4.00. The van der Waals surface area contributed by atoms with Gasteiger partial charge in [-0.2, -0.15) is 0 Å². The summed E-state index contributed by atoms with van der Waals surface area (Å²) in [6.07, 6.45) is 0. The van der Waals surface area contributed by atoms with Crippen LogP contribution in [0, 0.1) is 0 Å². The number of hydrogen-bond acceptors (Lipinski definition) is 5. The van der Waals surface area contributed by atoms with Gasteiger partial charge in [0.15, 0.2) is 5.16 Å². The summed E-state index contributed by atoms with van der Waals surface area (Å²) in [7, 11) is 3.26. The number of hydrogen-bond donors (Lipinski definition) is 0. The number of methoxy groups -OCH3 is 2. The van der Waals surface area contributed by atoms with Crippen molar-refractivity contribution in [1.82, 2.24) is 9.55 Å². The number of thioether (sulfide) groups is 1. The first-order valence-electron chi connectivity index (χ1n) is 8.07. The molecule has 3 rings (SSSR count). The van der Waals surface area contributed by atoms with Crippen molar-refractivity contribution >= 4 is 34.3 Å². The third-order valence-corrected chi connectivity index (χ3v) is 5.19. The van der Waals surface area contributed by atoms with Crippen LogP contribution in [-0.4, -0.2) is 30.4 Å². The van der Waals surface area contributed by atoms with Crippen LogP contribution >= 0.6 is 23.4 Å². The lowest BCUT2D eigenvalue weighted by molar-refractivity contribution is 0.183. The second-order valence-corrected chi connectivity index (χ2v) is 7.02. The van der Waals surface area contributed by atoms with Gasteiger partial charge in [0, 0.05) is 17.9 Å². The number of aromatic nitrogens is 2. The van der Waals surface area contributed by atoms with Crippen LogP contribution in [0.2, 0.25) is 5.02 Å². The number of nitrogens with zero attached hydrogens (tertiary/aromatic N) is 2. The molecule has 0 fully saturated rings. The van der Waals surface area contributed by atoms with Crippen molar-refractivity contribution < 1.29 is 9.47 Å². The van der Waals surface area contributed by atoms with E-state index in [-0.39, 0.29) is 5.56 Å². The van der Waals surface area contributed by atoms with Gasteiger partial charge in [0.05, 0.1) is 31.2 Å². The molecule has 0 spiro atoms. The van der Waals surface area contributed by atoms with Crippen LogP contribution in [0.25, 0.3) is 10.9 Å². The van der Waals surface area contributed by atoms with Gasteiger partial charge in [0.25, 0.3) is 5.56 Å². The lowest BCUT2D eigenvalue weighted by Gasteiger charge is -2.13. The van der Waals surface area contributed by atoms with Gasteiger partial charge in [-0.1, -0.05) is 35.5 Å². The van der Waals surface area contributed by atoms with Crippen LogP contribution in [0.1, 0.15) is 5.56 Å². The van der Waals surface area contributed by atoms with Crippen molar-refractivity contribution in [3.8, 4) is 5.75 Å². The first-order valence-corrected chi connectivity index (χ1v) is 9.43. The Hall–Kier alpha value is -2.02. The predicted molar refractivity (Wildman–Crippen MR) is 105 cm³/mol. The van der Waals surface area contributed by atoms with Gasteiger partial charge in [-0.15, -0.1) is 0 Å². The summed E-state index contributed by atoms with van der Waals surface area (Å²) >= 11 is 7.57. The Balaban J connectivity index is 1.97. The molecule has 0 aliphatic carbocycles. The highest BCUT2D eigenvalue weighted by atomic mass is 35.5. The maximum atomic E-state index is 12.9. The van der Waals surface area contributed by atoms with Crippen LogP contribution in [-0.2, 0) is 17.0 Å². The fourth-order valence-electron chi connectivity index (χ4n) is 2.57. The SMILES string of the molecule is COCCn1c(SCc2cccc(OC)c2)nc2cc(Cl)ccc2c1=O. The van der Waals surface area contributed by atoms with Crippen molar-refractivity contribution in [2.75, 3.05) is 20.8 Å². The molecule has 3 aromatic rings. The van der Waals surface area contributed by atoms with E-state index >= 15 is 0 Å². The van der Waals surface area contributed by atoms with Gasteiger partial charge < -0.3 is 9.47 Å². The first-order chi connectivity index (χ1) is 12.6. The summed E-state index contributed by atoms with van der Waals surface area (Å²) in [5, 5.41) is 1.75. The largest absolute Gasteiger partial charge is 0.497 e. The van der Waals surface area contributed by atoms with Crippen LogP contribution in [0.15, 0.2) is 52.4 Å². The minimum atomic E-state index is -0.0862. The molecular weight excluding hydrogens is 372 g/mol. The second kappa shape index (κ2) is 8.58. The van der Waals surface area contributed by atoms with Crippen molar-refractivity contribution in [3.63, 3.8) is 0 Å². The molecule has 5 nitrogen and oxygen atoms in total. The zero-order valence-corrected chi connectivity index (χ0v) is 16.1. The number of halogens is 1. The molecule has 7 heteroatoms. The number of benzene rings is 2. The van der Waals surface area contributed by atoms with Crippen molar-refractivity contribution in [2.45, 2.75) is 17.5 Å². The van der Waals surface area contributed by atoms with Crippen LogP contribution in [0.5, 0.6) is 5.75 Å². The van der Waals surface area contributed by atoms with E-state index in [1.165, 1.54) is 11.8 Å². The highest BCUT2D eigenvalue weighted by Gasteiger charge is 2.12. The Labute approximate surface area is 160 Å². The number of fused-ring (bicyclic) bond motifs is 1. The standard InChI is InChI=1S/C19H19ClN2O3S/c1-24-9-8-22-18(23)16-7-6-14(20)11-17(16)21-19(22)26-12-13-4-3-5-15(10-13)25-2/h3-7,10-11H,8-9,12H2,1-2H3. The maximum Gasteiger partial charge on any atom is 0.262 e. The second-order valence-electron chi connectivity index (χ2n) is 5.65.